The molecule has 0 aliphatic carbocycles. The molecule has 0 fully saturated rings. The van der Waals surface area contributed by atoms with E-state index >= 15 is 0 Å². The lowest BCUT2D eigenvalue weighted by molar-refractivity contribution is -0.143. The third-order valence-corrected chi connectivity index (χ3v) is 11.9. The summed E-state index contributed by atoms with van der Waals surface area (Å²) in [4.78, 5) is 157. The Morgan fingerprint density at radius 3 is 1.12 bits per heavy atom. The summed E-state index contributed by atoms with van der Waals surface area (Å²) in [6.45, 7) is -1.02. The minimum atomic E-state index is -1.81. The number of guanidine groups is 2. The van der Waals surface area contributed by atoms with Crippen LogP contribution in [0.25, 0.3) is 0 Å². The van der Waals surface area contributed by atoms with Gasteiger partial charge in [-0.25, -0.2) is 24.4 Å². The van der Waals surface area contributed by atoms with Crippen molar-refractivity contribution in [2.75, 3.05) is 72.6 Å². The number of carboxylic acids is 4. The number of aliphatic imine (C=N–C) groups is 2. The number of ether oxygens (including phenoxy) is 8. The number of hydrogen-bond donors (Lipinski definition) is 14. The zero-order valence-electron chi connectivity index (χ0n) is 50.0. The average Bonchev–Trinajstić information content (AvgIpc) is 1.32. The van der Waals surface area contributed by atoms with Gasteiger partial charge in [-0.05, 0) is 90.5 Å². The quantitative estimate of drug-likeness (QED) is 0.00770. The molecule has 0 saturated heterocycles. The SMILES string of the molecule is NC(N)=Nc1ccc(C(=O)Oc2ccc(COC(=O)N[C@@H](CC(=O)O)C(=O)N[C@@H](CC(=O)O)C(=O)NCCOCCOCCOCCOCCNC(=O)[C@H](CC(=O)O)NC(=O)C(CC(=O)O)NC(=O)COc3ccc(OC(=O)c4ccc(N=C(N)N)cc4)cc3)cc2)cc1. The highest BCUT2D eigenvalue weighted by Gasteiger charge is 2.32. The molecule has 0 saturated carbocycles. The van der Waals surface area contributed by atoms with Crippen LogP contribution in [0.2, 0.25) is 0 Å². The highest BCUT2D eigenvalue weighted by molar-refractivity contribution is 5.97. The summed E-state index contributed by atoms with van der Waals surface area (Å²) in [6.07, 6.45) is -4.99. The van der Waals surface area contributed by atoms with Gasteiger partial charge in [0.25, 0.3) is 5.91 Å². The number of nitrogens with two attached hydrogens (primary N) is 4. The van der Waals surface area contributed by atoms with Crippen LogP contribution in [0.15, 0.2) is 107 Å². The molecule has 506 valence electrons. The summed E-state index contributed by atoms with van der Waals surface area (Å²) >= 11 is 0. The number of esters is 2. The van der Waals surface area contributed by atoms with E-state index in [0.717, 1.165) is 0 Å². The Morgan fingerprint density at radius 2 is 0.745 bits per heavy atom. The van der Waals surface area contributed by atoms with E-state index in [1.54, 1.807) is 0 Å². The lowest BCUT2D eigenvalue weighted by Gasteiger charge is -2.21. The zero-order chi connectivity index (χ0) is 69.0. The van der Waals surface area contributed by atoms with E-state index in [1.807, 2.05) is 0 Å². The fourth-order valence-electron chi connectivity index (χ4n) is 7.53. The Balaban J connectivity index is 1.06. The predicted molar refractivity (Wildman–Crippen MR) is 323 cm³/mol. The van der Waals surface area contributed by atoms with Crippen molar-refractivity contribution in [2.45, 2.75) is 56.5 Å². The first kappa shape index (κ1) is 75.0. The van der Waals surface area contributed by atoms with Crippen LogP contribution in [-0.2, 0) is 73.4 Å². The second-order valence-electron chi connectivity index (χ2n) is 19.3. The summed E-state index contributed by atoms with van der Waals surface area (Å²) in [5.74, 6) is -12.6. The first-order valence-corrected chi connectivity index (χ1v) is 28.1. The van der Waals surface area contributed by atoms with Gasteiger partial charge in [-0.1, -0.05) is 12.1 Å². The summed E-state index contributed by atoms with van der Waals surface area (Å²) < 4.78 is 42.8. The maximum absolute atomic E-state index is 13.1. The summed E-state index contributed by atoms with van der Waals surface area (Å²) in [5.41, 5.74) is 23.0. The molecule has 1 unspecified atom stereocenters. The normalized spacial score (nSPS) is 11.9. The molecular weight excluding hydrogens is 1250 g/mol. The summed E-state index contributed by atoms with van der Waals surface area (Å²) in [7, 11) is 0. The monoisotopic (exact) mass is 1320 g/mol. The lowest BCUT2D eigenvalue weighted by atomic mass is 10.1. The molecule has 4 aromatic carbocycles. The van der Waals surface area contributed by atoms with Crippen molar-refractivity contribution in [2.24, 2.45) is 32.9 Å². The molecular formula is C58H70N12O24. The van der Waals surface area contributed by atoms with Crippen LogP contribution in [0.5, 0.6) is 17.2 Å². The van der Waals surface area contributed by atoms with E-state index in [9.17, 15) is 78.0 Å². The molecule has 36 heteroatoms. The van der Waals surface area contributed by atoms with Crippen LogP contribution >= 0.6 is 0 Å². The van der Waals surface area contributed by atoms with Gasteiger partial charge >= 0.3 is 41.9 Å². The van der Waals surface area contributed by atoms with Gasteiger partial charge in [-0.15, -0.1) is 0 Å². The lowest BCUT2D eigenvalue weighted by Crippen LogP contribution is -2.55. The van der Waals surface area contributed by atoms with Crippen LogP contribution in [0, 0.1) is 0 Å². The summed E-state index contributed by atoms with van der Waals surface area (Å²) in [6, 6.07) is 16.1. The Bertz CT molecular complexity index is 3070. The van der Waals surface area contributed by atoms with Gasteiger partial charge in [-0.3, -0.25) is 43.2 Å². The second kappa shape index (κ2) is 40.3. The van der Waals surface area contributed by atoms with Crippen LogP contribution < -0.4 is 69.0 Å². The Morgan fingerprint density at radius 1 is 0.404 bits per heavy atom. The van der Waals surface area contributed by atoms with Gasteiger partial charge in [0.1, 0.15) is 48.0 Å². The third-order valence-electron chi connectivity index (χ3n) is 11.9. The van der Waals surface area contributed by atoms with Crippen molar-refractivity contribution in [1.29, 1.82) is 0 Å². The number of rotatable bonds is 42. The van der Waals surface area contributed by atoms with E-state index in [2.05, 4.69) is 41.9 Å². The molecule has 94 heavy (non-hydrogen) atoms. The number of alkyl carbamates (subject to hydrolysis) is 1. The molecule has 0 aliphatic rings. The van der Waals surface area contributed by atoms with E-state index in [-0.39, 0.29) is 113 Å². The van der Waals surface area contributed by atoms with Gasteiger partial charge in [0.2, 0.25) is 23.6 Å². The van der Waals surface area contributed by atoms with Crippen molar-refractivity contribution in [3.05, 3.63) is 114 Å². The van der Waals surface area contributed by atoms with Crippen LogP contribution in [-0.4, -0.2) is 201 Å². The minimum Gasteiger partial charge on any atom is -0.484 e. The minimum absolute atomic E-state index is 0.0514. The third kappa shape index (κ3) is 30.3. The van der Waals surface area contributed by atoms with E-state index in [0.29, 0.717) is 16.9 Å². The number of carboxylic acid groups (broad SMARTS) is 4. The topological polar surface area (TPSA) is 561 Å². The van der Waals surface area contributed by atoms with E-state index in [1.165, 1.54) is 97.1 Å². The van der Waals surface area contributed by atoms with Gasteiger partial charge in [-0.2, -0.15) is 0 Å². The number of amides is 6. The number of benzene rings is 4. The molecule has 0 spiro atoms. The van der Waals surface area contributed by atoms with Crippen molar-refractivity contribution < 1.29 is 116 Å². The Kier molecular flexibility index (Phi) is 32.1. The molecule has 0 radical (unpaired) electrons. The fraction of sp³-hybridized carbons (Fsp3) is 0.345. The largest absolute Gasteiger partial charge is 0.484 e. The highest BCUT2D eigenvalue weighted by atomic mass is 16.6. The maximum atomic E-state index is 13.1. The highest BCUT2D eigenvalue weighted by Crippen LogP contribution is 2.21. The van der Waals surface area contributed by atoms with Crippen molar-refractivity contribution in [3.8, 4) is 17.2 Å². The average molecular weight is 1320 g/mol. The molecule has 18 N–H and O–H groups in total. The fourth-order valence-corrected chi connectivity index (χ4v) is 7.53. The van der Waals surface area contributed by atoms with E-state index < -0.39 is 128 Å². The van der Waals surface area contributed by atoms with Crippen LogP contribution in [0.4, 0.5) is 16.2 Å². The van der Waals surface area contributed by atoms with Gasteiger partial charge in [0.05, 0.1) is 101 Å². The van der Waals surface area contributed by atoms with Crippen molar-refractivity contribution in [3.63, 3.8) is 0 Å². The van der Waals surface area contributed by atoms with Gasteiger partial charge < -0.3 is 113 Å². The number of nitrogens with one attached hydrogen (secondary N) is 6. The predicted octanol–water partition coefficient (Wildman–Crippen LogP) is -1.74. The number of carbonyl (C=O) groups is 12. The molecule has 0 aromatic heterocycles. The van der Waals surface area contributed by atoms with Gasteiger partial charge in [0, 0.05) is 13.1 Å². The number of carbonyl (C=O) groups excluding carboxylic acids is 8. The van der Waals surface area contributed by atoms with Crippen LogP contribution in [0.1, 0.15) is 52.0 Å². The first-order chi connectivity index (χ1) is 44.8. The number of hydrogen-bond acceptors (Lipinski definition) is 22. The number of aliphatic carboxylic acids is 4. The van der Waals surface area contributed by atoms with E-state index in [4.69, 9.17) is 60.8 Å². The molecule has 0 heterocycles. The molecule has 0 aliphatic heterocycles. The Labute approximate surface area is 533 Å². The van der Waals surface area contributed by atoms with Crippen LogP contribution in [0.3, 0.4) is 0 Å². The molecule has 4 rings (SSSR count). The smallest absolute Gasteiger partial charge is 0.408 e. The second-order valence-corrected chi connectivity index (χ2v) is 19.3. The summed E-state index contributed by atoms with van der Waals surface area (Å²) in [5, 5.41) is 51.0. The molecule has 6 amide bonds. The Hall–Kier alpha value is -11.5. The molecule has 0 bridgehead atoms. The standard InChI is InChI=1S/C58H70N12O24/c59-56(60)65-36-7-3-34(4-8-36)54(84)93-39-11-1-33(2-12-39)31-92-58(86)70-44(30-49(78)79)53(83)69-42(28-47(74)75)51(81)64-18-20-88-22-24-90-26-25-89-23-21-87-19-17-63-50(80)41(27-46(72)73)68-52(82)43(29-48(76)77)67-45(71)32-91-38-13-15-40(16-14-38)94-55(85)35-5-9-37(10-6-35)66-57(61)62/h1-16,41-44H,17-32H2,(H,63,80)(H,64,81)(H,67,71)(H,68,82)(H,69,83)(H,70,86)(H,72,73)(H,74,75)(H,76,77)(H,78,79)(H4,59,60,65)(H4,61,62,66)/t41-,42-,43?,44-/m0/s1. The van der Waals surface area contributed by atoms with Crippen molar-refractivity contribution in [1.82, 2.24) is 31.9 Å². The van der Waals surface area contributed by atoms with Crippen molar-refractivity contribution >= 4 is 94.7 Å². The molecule has 4 aromatic rings. The molecule has 4 atom stereocenters. The molecule has 36 nitrogen and oxygen atoms in total. The first-order valence-electron chi connectivity index (χ1n) is 28.1. The van der Waals surface area contributed by atoms with Gasteiger partial charge in [0.15, 0.2) is 18.5 Å². The zero-order valence-corrected chi connectivity index (χ0v) is 50.0. The maximum Gasteiger partial charge on any atom is 0.408 e. The number of nitrogens with zero attached hydrogens (tertiary/aromatic N) is 2.